The van der Waals surface area contributed by atoms with Gasteiger partial charge in [0.2, 0.25) is 11.9 Å². The zero-order valence-corrected chi connectivity index (χ0v) is 19.3. The van der Waals surface area contributed by atoms with Gasteiger partial charge in [0.1, 0.15) is 0 Å². The highest BCUT2D eigenvalue weighted by molar-refractivity contribution is 6.32. The maximum Gasteiger partial charge on any atom is 0.223 e. The van der Waals surface area contributed by atoms with Crippen LogP contribution in [0.2, 0.25) is 5.02 Å². The Morgan fingerprint density at radius 2 is 1.90 bits per heavy atom. The molecule has 2 aromatic rings. The highest BCUT2D eigenvalue weighted by Gasteiger charge is 2.27. The smallest absolute Gasteiger partial charge is 0.223 e. The van der Waals surface area contributed by atoms with Crippen molar-refractivity contribution in [1.82, 2.24) is 25.1 Å². The minimum absolute atomic E-state index is 0.183. The summed E-state index contributed by atoms with van der Waals surface area (Å²) in [5, 5.41) is 11.7. The molecule has 0 saturated heterocycles. The molecule has 2 aliphatic rings. The van der Waals surface area contributed by atoms with Crippen LogP contribution in [0.3, 0.4) is 0 Å². The SMILES string of the molecule is CCCCC(=O)N[C@H]1CC[C@H](Nc2ncc(Cl)c(-c3cnn(C)c3CC3CC3)n2)CC1. The van der Waals surface area contributed by atoms with Gasteiger partial charge in [-0.05, 0) is 57.3 Å². The number of unbranched alkanes of at least 4 members (excludes halogenated alkanes) is 1. The summed E-state index contributed by atoms with van der Waals surface area (Å²) in [7, 11) is 1.98. The number of hydrogen-bond acceptors (Lipinski definition) is 5. The highest BCUT2D eigenvalue weighted by Crippen LogP contribution is 2.37. The third-order valence-corrected chi connectivity index (χ3v) is 6.70. The van der Waals surface area contributed by atoms with Crippen LogP contribution in [0.5, 0.6) is 0 Å². The van der Waals surface area contributed by atoms with Crippen molar-refractivity contribution in [3.05, 3.63) is 23.1 Å². The van der Waals surface area contributed by atoms with Gasteiger partial charge in [-0.15, -0.1) is 0 Å². The molecule has 0 unspecified atom stereocenters. The van der Waals surface area contributed by atoms with E-state index in [9.17, 15) is 4.79 Å². The summed E-state index contributed by atoms with van der Waals surface area (Å²) in [4.78, 5) is 21.2. The summed E-state index contributed by atoms with van der Waals surface area (Å²) in [6.07, 6.45) is 13.7. The summed E-state index contributed by atoms with van der Waals surface area (Å²) in [6, 6.07) is 0.585. The number of anilines is 1. The lowest BCUT2D eigenvalue weighted by Gasteiger charge is -2.29. The Kier molecular flexibility index (Phi) is 7.10. The molecule has 2 saturated carbocycles. The van der Waals surface area contributed by atoms with Crippen LogP contribution in [0, 0.1) is 5.92 Å². The lowest BCUT2D eigenvalue weighted by molar-refractivity contribution is -0.122. The summed E-state index contributed by atoms with van der Waals surface area (Å²) in [5.41, 5.74) is 2.94. The Morgan fingerprint density at radius 1 is 1.16 bits per heavy atom. The second-order valence-electron chi connectivity index (χ2n) is 9.03. The summed E-state index contributed by atoms with van der Waals surface area (Å²) in [6.45, 7) is 2.11. The number of aryl methyl sites for hydroxylation is 1. The van der Waals surface area contributed by atoms with Crippen LogP contribution in [-0.2, 0) is 18.3 Å². The van der Waals surface area contributed by atoms with Crippen LogP contribution in [0.1, 0.15) is 70.4 Å². The molecule has 0 atom stereocenters. The number of aromatic nitrogens is 4. The average Bonchev–Trinajstić information content (AvgIpc) is 3.52. The van der Waals surface area contributed by atoms with Gasteiger partial charge in [0.05, 0.1) is 23.1 Å². The number of carbonyl (C=O) groups is 1. The van der Waals surface area contributed by atoms with Crippen molar-refractivity contribution in [2.24, 2.45) is 13.0 Å². The summed E-state index contributed by atoms with van der Waals surface area (Å²) < 4.78 is 1.94. The van der Waals surface area contributed by atoms with E-state index in [4.69, 9.17) is 16.6 Å². The molecule has 31 heavy (non-hydrogen) atoms. The minimum Gasteiger partial charge on any atom is -0.353 e. The molecule has 8 heteroatoms. The molecular weight excluding hydrogens is 412 g/mol. The van der Waals surface area contributed by atoms with Gasteiger partial charge in [-0.3, -0.25) is 9.48 Å². The number of amides is 1. The molecule has 2 fully saturated rings. The molecule has 7 nitrogen and oxygen atoms in total. The number of hydrogen-bond donors (Lipinski definition) is 2. The second kappa shape index (κ2) is 9.98. The molecular formula is C23H33ClN6O. The van der Waals surface area contributed by atoms with Crippen LogP contribution >= 0.6 is 11.6 Å². The molecule has 0 bridgehead atoms. The maximum atomic E-state index is 12.0. The molecule has 0 aromatic carbocycles. The normalized spacial score (nSPS) is 21.1. The maximum absolute atomic E-state index is 12.0. The van der Waals surface area contributed by atoms with E-state index in [0.29, 0.717) is 23.4 Å². The first-order chi connectivity index (χ1) is 15.0. The molecule has 1 amide bonds. The molecule has 4 rings (SSSR count). The number of nitrogens with one attached hydrogen (secondary N) is 2. The quantitative estimate of drug-likeness (QED) is 0.594. The van der Waals surface area contributed by atoms with E-state index in [1.807, 2.05) is 17.9 Å². The summed E-state index contributed by atoms with van der Waals surface area (Å²) >= 11 is 6.48. The lowest BCUT2D eigenvalue weighted by Crippen LogP contribution is -2.40. The Hall–Kier alpha value is -2.15. The van der Waals surface area contributed by atoms with Crippen molar-refractivity contribution in [2.45, 2.75) is 83.2 Å². The highest BCUT2D eigenvalue weighted by atomic mass is 35.5. The van der Waals surface area contributed by atoms with Gasteiger partial charge >= 0.3 is 0 Å². The van der Waals surface area contributed by atoms with Gasteiger partial charge in [0.25, 0.3) is 0 Å². The lowest BCUT2D eigenvalue weighted by atomic mass is 9.91. The van der Waals surface area contributed by atoms with Crippen LogP contribution in [0.4, 0.5) is 5.95 Å². The van der Waals surface area contributed by atoms with E-state index >= 15 is 0 Å². The molecule has 0 aliphatic heterocycles. The Morgan fingerprint density at radius 3 is 2.61 bits per heavy atom. The Bertz CT molecular complexity index is 901. The van der Waals surface area contributed by atoms with E-state index in [2.05, 4.69) is 27.6 Å². The van der Waals surface area contributed by atoms with Crippen LogP contribution in [0.15, 0.2) is 12.4 Å². The monoisotopic (exact) mass is 444 g/mol. The number of rotatable bonds is 9. The number of nitrogens with zero attached hydrogens (tertiary/aromatic N) is 4. The van der Waals surface area contributed by atoms with Gasteiger partial charge in [-0.1, -0.05) is 24.9 Å². The van der Waals surface area contributed by atoms with Crippen molar-refractivity contribution in [2.75, 3.05) is 5.32 Å². The van der Waals surface area contributed by atoms with Gasteiger partial charge in [0, 0.05) is 36.8 Å². The predicted octanol–water partition coefficient (Wildman–Crippen LogP) is 4.51. The molecule has 168 valence electrons. The van der Waals surface area contributed by atoms with E-state index < -0.39 is 0 Å². The van der Waals surface area contributed by atoms with Crippen LogP contribution < -0.4 is 10.6 Å². The average molecular weight is 445 g/mol. The third-order valence-electron chi connectivity index (χ3n) is 6.42. The largest absolute Gasteiger partial charge is 0.353 e. The topological polar surface area (TPSA) is 84.7 Å². The van der Waals surface area contributed by atoms with Gasteiger partial charge in [0.15, 0.2) is 0 Å². The second-order valence-corrected chi connectivity index (χ2v) is 9.44. The molecule has 2 N–H and O–H groups in total. The fourth-order valence-corrected chi connectivity index (χ4v) is 4.52. The van der Waals surface area contributed by atoms with Crippen molar-refractivity contribution in [3.8, 4) is 11.3 Å². The standard InChI is InChI=1S/C23H33ClN6O/c1-3-4-5-21(31)27-16-8-10-17(11-9-16)28-23-25-14-19(24)22(29-23)18-13-26-30(2)20(18)12-15-6-7-15/h13-17H,3-12H2,1-2H3,(H,27,31)(H,25,28,29)/t16-,17-. The first-order valence-corrected chi connectivity index (χ1v) is 12.0. The van der Waals surface area contributed by atoms with Crippen molar-refractivity contribution in [3.63, 3.8) is 0 Å². The van der Waals surface area contributed by atoms with Gasteiger partial charge < -0.3 is 10.6 Å². The molecule has 2 heterocycles. The molecule has 2 aromatic heterocycles. The zero-order chi connectivity index (χ0) is 21.8. The Labute approximate surface area is 189 Å². The van der Waals surface area contributed by atoms with E-state index in [1.165, 1.54) is 18.5 Å². The van der Waals surface area contributed by atoms with Crippen molar-refractivity contribution >= 4 is 23.5 Å². The minimum atomic E-state index is 0.183. The molecule has 0 spiro atoms. The van der Waals surface area contributed by atoms with E-state index in [0.717, 1.165) is 62.1 Å². The van der Waals surface area contributed by atoms with E-state index in [1.54, 1.807) is 6.20 Å². The van der Waals surface area contributed by atoms with E-state index in [-0.39, 0.29) is 11.9 Å². The molecule has 0 radical (unpaired) electrons. The third kappa shape index (κ3) is 5.76. The van der Waals surface area contributed by atoms with Gasteiger partial charge in [-0.2, -0.15) is 5.10 Å². The molecule has 2 aliphatic carbocycles. The number of halogens is 1. The Balaban J connectivity index is 1.37. The first-order valence-electron chi connectivity index (χ1n) is 11.6. The summed E-state index contributed by atoms with van der Waals surface area (Å²) in [5.74, 6) is 1.54. The van der Waals surface area contributed by atoms with Crippen molar-refractivity contribution < 1.29 is 4.79 Å². The first kappa shape index (κ1) is 22.1. The fraction of sp³-hybridized carbons (Fsp3) is 0.652. The fourth-order valence-electron chi connectivity index (χ4n) is 4.33. The number of carbonyl (C=O) groups excluding carboxylic acids is 1. The van der Waals surface area contributed by atoms with Gasteiger partial charge in [-0.25, -0.2) is 9.97 Å². The van der Waals surface area contributed by atoms with Crippen LogP contribution in [-0.4, -0.2) is 37.7 Å². The van der Waals surface area contributed by atoms with Crippen LogP contribution in [0.25, 0.3) is 11.3 Å². The zero-order valence-electron chi connectivity index (χ0n) is 18.5. The van der Waals surface area contributed by atoms with Crippen molar-refractivity contribution in [1.29, 1.82) is 0 Å². The predicted molar refractivity (Wildman–Crippen MR) is 123 cm³/mol.